The van der Waals surface area contributed by atoms with Crippen molar-refractivity contribution in [1.82, 2.24) is 0 Å². The molecular weight excluding hydrogens is 202 g/mol. The average Bonchev–Trinajstić information content (AvgIpc) is 2.27. The Morgan fingerprint density at radius 1 is 1.19 bits per heavy atom. The first-order chi connectivity index (χ1) is 7.54. The van der Waals surface area contributed by atoms with E-state index in [0.29, 0.717) is 6.54 Å². The maximum atomic E-state index is 9.65. The molecule has 1 aromatic carbocycles. The van der Waals surface area contributed by atoms with Crippen LogP contribution in [0.5, 0.6) is 0 Å². The quantitative estimate of drug-likeness (QED) is 0.802. The Morgan fingerprint density at radius 3 is 2.19 bits per heavy atom. The summed E-state index contributed by atoms with van der Waals surface area (Å²) in [5.74, 6) is 0. The zero-order chi connectivity index (χ0) is 12.1. The standard InChI is InChI=1S/C13H21NO2/c1-4-13(16)11-5-7-12(8-6-11)14(3)9-10(2)15/h5-8,10,13,15-16H,4,9H2,1-3H3/t10?,13-/m1/s1. The predicted molar refractivity (Wildman–Crippen MR) is 66.6 cm³/mol. The van der Waals surface area contributed by atoms with Crippen molar-refractivity contribution >= 4 is 5.69 Å². The molecule has 2 atom stereocenters. The number of anilines is 1. The highest BCUT2D eigenvalue weighted by Crippen LogP contribution is 2.20. The molecule has 0 radical (unpaired) electrons. The van der Waals surface area contributed by atoms with Crippen molar-refractivity contribution in [2.75, 3.05) is 18.5 Å². The molecular formula is C13H21NO2. The molecule has 0 aliphatic heterocycles. The van der Waals surface area contributed by atoms with E-state index in [1.165, 1.54) is 0 Å². The molecule has 1 rings (SSSR count). The van der Waals surface area contributed by atoms with Crippen LogP contribution in [0.4, 0.5) is 5.69 Å². The van der Waals surface area contributed by atoms with Crippen molar-refractivity contribution < 1.29 is 10.2 Å². The summed E-state index contributed by atoms with van der Waals surface area (Å²) >= 11 is 0. The van der Waals surface area contributed by atoms with Crippen molar-refractivity contribution in [3.8, 4) is 0 Å². The van der Waals surface area contributed by atoms with E-state index in [-0.39, 0.29) is 12.2 Å². The Hall–Kier alpha value is -1.06. The van der Waals surface area contributed by atoms with Crippen LogP contribution in [0.3, 0.4) is 0 Å². The number of rotatable bonds is 5. The summed E-state index contributed by atoms with van der Waals surface area (Å²) in [5, 5.41) is 18.9. The highest BCUT2D eigenvalue weighted by Gasteiger charge is 2.07. The highest BCUT2D eigenvalue weighted by molar-refractivity contribution is 5.47. The van der Waals surface area contributed by atoms with Gasteiger partial charge >= 0.3 is 0 Å². The fourth-order valence-corrected chi connectivity index (χ4v) is 1.69. The molecule has 3 heteroatoms. The molecule has 1 unspecified atom stereocenters. The molecule has 0 amide bonds. The Balaban J connectivity index is 2.70. The minimum atomic E-state index is -0.379. The van der Waals surface area contributed by atoms with Gasteiger partial charge in [-0.05, 0) is 31.0 Å². The lowest BCUT2D eigenvalue weighted by Gasteiger charge is -2.21. The van der Waals surface area contributed by atoms with Gasteiger partial charge in [-0.25, -0.2) is 0 Å². The number of hydrogen-bond acceptors (Lipinski definition) is 3. The molecule has 0 aliphatic rings. The molecule has 0 heterocycles. The molecule has 0 fully saturated rings. The van der Waals surface area contributed by atoms with Gasteiger partial charge in [-0.3, -0.25) is 0 Å². The lowest BCUT2D eigenvalue weighted by molar-refractivity contribution is 0.173. The van der Waals surface area contributed by atoms with Gasteiger partial charge in [-0.2, -0.15) is 0 Å². The van der Waals surface area contributed by atoms with Gasteiger partial charge in [0.1, 0.15) is 0 Å². The number of nitrogens with zero attached hydrogens (tertiary/aromatic N) is 1. The predicted octanol–water partition coefficient (Wildman–Crippen LogP) is 1.95. The smallest absolute Gasteiger partial charge is 0.0787 e. The molecule has 0 saturated carbocycles. The van der Waals surface area contributed by atoms with Crippen molar-refractivity contribution in [3.63, 3.8) is 0 Å². The summed E-state index contributed by atoms with van der Waals surface area (Å²) in [7, 11) is 1.94. The number of hydrogen-bond donors (Lipinski definition) is 2. The van der Waals surface area contributed by atoms with E-state index in [0.717, 1.165) is 17.7 Å². The Bertz CT molecular complexity index is 308. The molecule has 0 saturated heterocycles. The lowest BCUT2D eigenvalue weighted by Crippen LogP contribution is -2.26. The third-order valence-electron chi connectivity index (χ3n) is 2.64. The van der Waals surface area contributed by atoms with E-state index in [2.05, 4.69) is 0 Å². The van der Waals surface area contributed by atoms with Crippen LogP contribution in [-0.4, -0.2) is 29.9 Å². The summed E-state index contributed by atoms with van der Waals surface area (Å²) in [5.41, 5.74) is 1.99. The second-order valence-electron chi connectivity index (χ2n) is 4.25. The van der Waals surface area contributed by atoms with Crippen LogP contribution in [0.1, 0.15) is 31.9 Å². The minimum absolute atomic E-state index is 0.342. The van der Waals surface area contributed by atoms with Crippen molar-refractivity contribution in [2.45, 2.75) is 32.5 Å². The summed E-state index contributed by atoms with van der Waals surface area (Å²) in [4.78, 5) is 1.99. The SMILES string of the molecule is CC[C@@H](O)c1ccc(N(C)CC(C)O)cc1. The van der Waals surface area contributed by atoms with Crippen molar-refractivity contribution in [1.29, 1.82) is 0 Å². The van der Waals surface area contributed by atoms with Gasteiger partial charge in [0.15, 0.2) is 0 Å². The zero-order valence-corrected chi connectivity index (χ0v) is 10.2. The molecule has 0 spiro atoms. The molecule has 0 aliphatic carbocycles. The van der Waals surface area contributed by atoms with E-state index in [4.69, 9.17) is 0 Å². The van der Waals surface area contributed by atoms with Crippen molar-refractivity contribution in [2.24, 2.45) is 0 Å². The Labute approximate surface area is 97.3 Å². The average molecular weight is 223 g/mol. The Morgan fingerprint density at radius 2 is 1.75 bits per heavy atom. The van der Waals surface area contributed by atoms with Crippen LogP contribution in [0.25, 0.3) is 0 Å². The first-order valence-electron chi connectivity index (χ1n) is 5.71. The fraction of sp³-hybridized carbons (Fsp3) is 0.538. The van der Waals surface area contributed by atoms with Gasteiger partial charge in [0.25, 0.3) is 0 Å². The zero-order valence-electron chi connectivity index (χ0n) is 10.2. The van der Waals surface area contributed by atoms with E-state index in [1.807, 2.05) is 43.1 Å². The van der Waals surface area contributed by atoms with Gasteiger partial charge in [-0.1, -0.05) is 19.1 Å². The Kier molecular flexibility index (Phi) is 4.77. The topological polar surface area (TPSA) is 43.7 Å². The largest absolute Gasteiger partial charge is 0.392 e. The molecule has 90 valence electrons. The molecule has 16 heavy (non-hydrogen) atoms. The molecule has 0 aromatic heterocycles. The number of aliphatic hydroxyl groups is 2. The number of benzene rings is 1. The molecule has 0 bridgehead atoms. The van der Waals surface area contributed by atoms with Gasteiger partial charge in [0, 0.05) is 19.3 Å². The van der Waals surface area contributed by atoms with Crippen LogP contribution < -0.4 is 4.90 Å². The minimum Gasteiger partial charge on any atom is -0.392 e. The van der Waals surface area contributed by atoms with E-state index < -0.39 is 0 Å². The maximum Gasteiger partial charge on any atom is 0.0787 e. The molecule has 2 N–H and O–H groups in total. The summed E-state index contributed by atoms with van der Waals surface area (Å²) in [6.07, 6.45) is 0.00472. The summed E-state index contributed by atoms with van der Waals surface area (Å²) in [6, 6.07) is 7.80. The van der Waals surface area contributed by atoms with Gasteiger partial charge in [0.2, 0.25) is 0 Å². The van der Waals surface area contributed by atoms with Crippen LogP contribution in [0, 0.1) is 0 Å². The van der Waals surface area contributed by atoms with E-state index in [9.17, 15) is 10.2 Å². The maximum absolute atomic E-state index is 9.65. The van der Waals surface area contributed by atoms with Gasteiger partial charge < -0.3 is 15.1 Å². The second-order valence-corrected chi connectivity index (χ2v) is 4.25. The normalized spacial score (nSPS) is 14.6. The first-order valence-corrected chi connectivity index (χ1v) is 5.71. The van der Waals surface area contributed by atoms with Crippen LogP contribution in [0.15, 0.2) is 24.3 Å². The van der Waals surface area contributed by atoms with E-state index in [1.54, 1.807) is 6.92 Å². The summed E-state index contributed by atoms with van der Waals surface area (Å²) in [6.45, 7) is 4.33. The first kappa shape index (κ1) is 13.0. The van der Waals surface area contributed by atoms with Crippen LogP contribution in [-0.2, 0) is 0 Å². The van der Waals surface area contributed by atoms with Gasteiger partial charge in [-0.15, -0.1) is 0 Å². The third-order valence-corrected chi connectivity index (χ3v) is 2.64. The second kappa shape index (κ2) is 5.87. The highest BCUT2D eigenvalue weighted by atomic mass is 16.3. The van der Waals surface area contributed by atoms with Crippen molar-refractivity contribution in [3.05, 3.63) is 29.8 Å². The van der Waals surface area contributed by atoms with Crippen LogP contribution in [0.2, 0.25) is 0 Å². The number of likely N-dealkylation sites (N-methyl/N-ethyl adjacent to an activating group) is 1. The molecule has 1 aromatic rings. The van der Waals surface area contributed by atoms with Crippen LogP contribution >= 0.6 is 0 Å². The lowest BCUT2D eigenvalue weighted by atomic mass is 10.1. The number of aliphatic hydroxyl groups excluding tert-OH is 2. The fourth-order valence-electron chi connectivity index (χ4n) is 1.69. The van der Waals surface area contributed by atoms with E-state index >= 15 is 0 Å². The van der Waals surface area contributed by atoms with Gasteiger partial charge in [0.05, 0.1) is 12.2 Å². The molecule has 3 nitrogen and oxygen atoms in total. The summed E-state index contributed by atoms with van der Waals surface area (Å²) < 4.78 is 0. The monoisotopic (exact) mass is 223 g/mol. The third kappa shape index (κ3) is 3.51.